The standard InChI is InChI=1S/C41H26BN2OS/c1-41(2)27-15-5-6-18-30(27)44-31-21-26-22-11-3-7-19-32(22)45-39(26)34(35(31)42-29-17-10-16-28(41)38(29)44)24-13-9-14-25-36(24)43-37-23-12-4-8-20-33(23)46-40(25)37/h3-21,43H,1-2H3. The second-order valence-electron chi connectivity index (χ2n) is 13.2. The fourth-order valence-corrected chi connectivity index (χ4v) is 9.52. The van der Waals surface area contributed by atoms with E-state index >= 15 is 0 Å². The number of hydrogen-bond donors (Lipinski definition) is 1. The number of para-hydroxylation sites is 4. The van der Waals surface area contributed by atoms with Crippen molar-refractivity contribution >= 4 is 99.7 Å². The van der Waals surface area contributed by atoms with Crippen LogP contribution in [0.25, 0.3) is 64.3 Å². The molecule has 2 aliphatic heterocycles. The Labute approximate surface area is 269 Å². The zero-order chi connectivity index (χ0) is 30.3. The molecule has 0 bridgehead atoms. The number of furan rings is 1. The van der Waals surface area contributed by atoms with Crippen LogP contribution in [0, 0.1) is 0 Å². The van der Waals surface area contributed by atoms with Gasteiger partial charge in [0.05, 0.1) is 21.4 Å². The second-order valence-corrected chi connectivity index (χ2v) is 14.2. The van der Waals surface area contributed by atoms with Gasteiger partial charge in [-0.1, -0.05) is 110 Å². The highest BCUT2D eigenvalue weighted by molar-refractivity contribution is 7.26. The Morgan fingerprint density at radius 1 is 0.696 bits per heavy atom. The van der Waals surface area contributed by atoms with Gasteiger partial charge >= 0.3 is 0 Å². The lowest BCUT2D eigenvalue weighted by Crippen LogP contribution is -2.45. The number of aromatic amines is 1. The van der Waals surface area contributed by atoms with Crippen molar-refractivity contribution in [1.82, 2.24) is 4.98 Å². The summed E-state index contributed by atoms with van der Waals surface area (Å²) in [6, 6.07) is 42.0. The number of anilines is 3. The number of H-pyrrole nitrogens is 1. The lowest BCUT2D eigenvalue weighted by atomic mass is 9.56. The van der Waals surface area contributed by atoms with Gasteiger partial charge in [0.15, 0.2) is 7.28 Å². The first-order valence-corrected chi connectivity index (χ1v) is 16.7. The highest BCUT2D eigenvalue weighted by Crippen LogP contribution is 2.53. The monoisotopic (exact) mass is 605 g/mol. The van der Waals surface area contributed by atoms with E-state index in [4.69, 9.17) is 4.42 Å². The minimum Gasteiger partial charge on any atom is -0.455 e. The van der Waals surface area contributed by atoms with Gasteiger partial charge in [0.1, 0.15) is 11.2 Å². The van der Waals surface area contributed by atoms with Gasteiger partial charge in [-0.05, 0) is 40.9 Å². The molecule has 0 saturated heterocycles. The first kappa shape index (κ1) is 25.0. The number of nitrogens with one attached hydrogen (secondary N) is 1. The molecular weight excluding hydrogens is 579 g/mol. The van der Waals surface area contributed by atoms with Gasteiger partial charge in [-0.2, -0.15) is 0 Å². The summed E-state index contributed by atoms with van der Waals surface area (Å²) >= 11 is 1.86. The van der Waals surface area contributed by atoms with Crippen LogP contribution in [0.4, 0.5) is 17.1 Å². The number of fused-ring (bicyclic) bond motifs is 12. The number of rotatable bonds is 1. The average molecular weight is 606 g/mol. The lowest BCUT2D eigenvalue weighted by Gasteiger charge is -2.46. The third kappa shape index (κ3) is 3.00. The molecule has 0 amide bonds. The van der Waals surface area contributed by atoms with E-state index in [-0.39, 0.29) is 5.41 Å². The molecule has 215 valence electrons. The third-order valence-electron chi connectivity index (χ3n) is 10.4. The predicted octanol–water partition coefficient (Wildman–Crippen LogP) is 10.2. The van der Waals surface area contributed by atoms with Crippen molar-refractivity contribution in [2.24, 2.45) is 0 Å². The molecule has 5 heterocycles. The molecule has 3 nitrogen and oxygen atoms in total. The van der Waals surface area contributed by atoms with E-state index in [0.29, 0.717) is 0 Å². The van der Waals surface area contributed by atoms with Crippen LogP contribution in [0.3, 0.4) is 0 Å². The van der Waals surface area contributed by atoms with Crippen LogP contribution in [0.5, 0.6) is 0 Å². The Kier molecular flexibility index (Phi) is 4.62. The van der Waals surface area contributed by atoms with Gasteiger partial charge in [-0.15, -0.1) is 11.3 Å². The zero-order valence-electron chi connectivity index (χ0n) is 25.3. The summed E-state index contributed by atoms with van der Waals surface area (Å²) in [6.07, 6.45) is 0. The van der Waals surface area contributed by atoms with Crippen LogP contribution in [0.1, 0.15) is 25.0 Å². The first-order valence-electron chi connectivity index (χ1n) is 15.9. The Hall–Kier alpha value is -5.26. The topological polar surface area (TPSA) is 32.2 Å². The van der Waals surface area contributed by atoms with E-state index in [9.17, 15) is 0 Å². The molecule has 0 fully saturated rings. The predicted molar refractivity (Wildman–Crippen MR) is 196 cm³/mol. The van der Waals surface area contributed by atoms with Crippen molar-refractivity contribution in [2.75, 3.05) is 4.90 Å². The van der Waals surface area contributed by atoms with Gasteiger partial charge in [0.2, 0.25) is 0 Å². The summed E-state index contributed by atoms with van der Waals surface area (Å²) < 4.78 is 9.43. The van der Waals surface area contributed by atoms with Crippen molar-refractivity contribution in [1.29, 1.82) is 0 Å². The number of nitrogens with zero attached hydrogens (tertiary/aromatic N) is 1. The fourth-order valence-electron chi connectivity index (χ4n) is 8.33. The summed E-state index contributed by atoms with van der Waals surface area (Å²) in [4.78, 5) is 6.43. The zero-order valence-corrected chi connectivity index (χ0v) is 26.1. The minimum atomic E-state index is -0.122. The summed E-state index contributed by atoms with van der Waals surface area (Å²) in [7, 11) is 2.40. The summed E-state index contributed by atoms with van der Waals surface area (Å²) in [5.41, 5.74) is 15.2. The molecule has 0 atom stereocenters. The summed E-state index contributed by atoms with van der Waals surface area (Å²) in [5.74, 6) is 0. The van der Waals surface area contributed by atoms with Gasteiger partial charge in [0.25, 0.3) is 0 Å². The van der Waals surface area contributed by atoms with Crippen molar-refractivity contribution in [3.05, 3.63) is 126 Å². The van der Waals surface area contributed by atoms with Crippen LogP contribution in [0.15, 0.2) is 120 Å². The fraction of sp³-hybridized carbons (Fsp3) is 0.0732. The van der Waals surface area contributed by atoms with Crippen LogP contribution in [-0.4, -0.2) is 12.3 Å². The Balaban J connectivity index is 1.30. The first-order chi connectivity index (χ1) is 22.6. The maximum atomic E-state index is 6.83. The smallest absolute Gasteiger partial charge is 0.198 e. The highest BCUT2D eigenvalue weighted by atomic mass is 32.1. The largest absolute Gasteiger partial charge is 0.455 e. The summed E-state index contributed by atoms with van der Waals surface area (Å²) in [6.45, 7) is 4.71. The number of aromatic nitrogens is 1. The molecule has 0 spiro atoms. The van der Waals surface area contributed by atoms with Gasteiger partial charge in [0, 0.05) is 54.2 Å². The molecule has 11 rings (SSSR count). The third-order valence-corrected chi connectivity index (χ3v) is 11.6. The van der Waals surface area contributed by atoms with E-state index in [1.165, 1.54) is 64.8 Å². The van der Waals surface area contributed by atoms with Crippen LogP contribution in [-0.2, 0) is 5.41 Å². The number of benzene rings is 6. The molecule has 0 saturated carbocycles. The molecule has 0 unspecified atom stereocenters. The molecule has 9 aromatic rings. The molecule has 1 radical (unpaired) electrons. The van der Waals surface area contributed by atoms with E-state index in [2.05, 4.69) is 146 Å². The molecule has 1 N–H and O–H groups in total. The Morgan fingerprint density at radius 2 is 1.46 bits per heavy atom. The maximum Gasteiger partial charge on any atom is 0.198 e. The van der Waals surface area contributed by atoms with Crippen LogP contribution < -0.4 is 15.8 Å². The minimum absolute atomic E-state index is 0.122. The maximum absolute atomic E-state index is 6.83. The molecule has 46 heavy (non-hydrogen) atoms. The molecule has 3 aromatic heterocycles. The van der Waals surface area contributed by atoms with Crippen molar-refractivity contribution in [3.8, 4) is 11.1 Å². The van der Waals surface area contributed by atoms with E-state index in [0.717, 1.165) is 38.6 Å². The van der Waals surface area contributed by atoms with E-state index in [1.54, 1.807) is 0 Å². The van der Waals surface area contributed by atoms with Crippen molar-refractivity contribution < 1.29 is 4.42 Å². The van der Waals surface area contributed by atoms with Crippen LogP contribution in [0.2, 0.25) is 0 Å². The molecule has 5 heteroatoms. The molecular formula is C41H26BN2OS. The highest BCUT2D eigenvalue weighted by Gasteiger charge is 2.41. The molecule has 2 aliphatic rings. The SMILES string of the molecule is CC1(C)c2ccccc2N2c3cc4c(oc5ccccc54)c(-c4cccc5c4[nH]c4c6ccccc6sc54)c3[B]c3cccc1c32. The summed E-state index contributed by atoms with van der Waals surface area (Å²) in [5, 5.41) is 4.79. The molecule has 0 aliphatic carbocycles. The lowest BCUT2D eigenvalue weighted by molar-refractivity contribution is 0.632. The van der Waals surface area contributed by atoms with Crippen molar-refractivity contribution in [3.63, 3.8) is 0 Å². The average Bonchev–Trinajstić information content (AvgIpc) is 3.76. The Morgan fingerprint density at radius 3 is 2.39 bits per heavy atom. The van der Waals surface area contributed by atoms with Crippen molar-refractivity contribution in [2.45, 2.75) is 19.3 Å². The van der Waals surface area contributed by atoms with Gasteiger partial charge in [-0.25, -0.2) is 0 Å². The Bertz CT molecular complexity index is 2780. The van der Waals surface area contributed by atoms with Gasteiger partial charge < -0.3 is 14.3 Å². The molecule has 6 aromatic carbocycles. The van der Waals surface area contributed by atoms with E-state index in [1.807, 2.05) is 11.3 Å². The normalized spacial score (nSPS) is 14.6. The number of thiophene rings is 1. The quantitative estimate of drug-likeness (QED) is 0.189. The number of hydrogen-bond acceptors (Lipinski definition) is 3. The van der Waals surface area contributed by atoms with Gasteiger partial charge in [-0.3, -0.25) is 0 Å². The second kappa shape index (κ2) is 8.51. The van der Waals surface area contributed by atoms with E-state index < -0.39 is 0 Å². The van der Waals surface area contributed by atoms with Crippen LogP contribution >= 0.6 is 11.3 Å².